The van der Waals surface area contributed by atoms with E-state index in [1.807, 2.05) is 42.5 Å². The standard InChI is InChI=1S/C25H30N2O7/c1-13(21(28)27-16-12-8-10-14-9-6-7-11-15(14)16)26-22(29)19-17-18(32-24(2,3)31-17)20-23(30-19)34-25(4,5)33-20/h6-13,17-20,23H,1-5H3,(H,26,29)(H,27,28)/t13-,17-,18+,19-,20-,23-/m1/s1. The Kier molecular flexibility index (Phi) is 5.65. The summed E-state index contributed by atoms with van der Waals surface area (Å²) in [4.78, 5) is 26.1. The number of rotatable bonds is 4. The highest BCUT2D eigenvalue weighted by Gasteiger charge is 2.62. The van der Waals surface area contributed by atoms with Crippen molar-refractivity contribution in [1.82, 2.24) is 5.32 Å². The molecule has 3 saturated heterocycles. The summed E-state index contributed by atoms with van der Waals surface area (Å²) in [6.45, 7) is 8.72. The van der Waals surface area contributed by atoms with Crippen LogP contribution in [0, 0.1) is 0 Å². The van der Waals surface area contributed by atoms with Crippen molar-refractivity contribution in [3.05, 3.63) is 42.5 Å². The maximum Gasteiger partial charge on any atom is 0.252 e. The molecule has 2 aromatic carbocycles. The van der Waals surface area contributed by atoms with Gasteiger partial charge >= 0.3 is 0 Å². The number of amides is 2. The van der Waals surface area contributed by atoms with Crippen LogP contribution >= 0.6 is 0 Å². The molecular formula is C25H30N2O7. The van der Waals surface area contributed by atoms with E-state index in [9.17, 15) is 9.59 Å². The zero-order chi connectivity index (χ0) is 24.3. The average Bonchev–Trinajstić information content (AvgIpc) is 3.26. The number of carbonyl (C=O) groups excluding carboxylic acids is 2. The first-order valence-electron chi connectivity index (χ1n) is 11.5. The number of hydrogen-bond donors (Lipinski definition) is 2. The minimum Gasteiger partial charge on any atom is -0.342 e. The summed E-state index contributed by atoms with van der Waals surface area (Å²) in [7, 11) is 0. The van der Waals surface area contributed by atoms with Crippen LogP contribution in [-0.4, -0.2) is 60.1 Å². The fraction of sp³-hybridized carbons (Fsp3) is 0.520. The number of carbonyl (C=O) groups is 2. The Morgan fingerprint density at radius 3 is 2.29 bits per heavy atom. The van der Waals surface area contributed by atoms with E-state index in [4.69, 9.17) is 23.7 Å². The summed E-state index contributed by atoms with van der Waals surface area (Å²) in [6, 6.07) is 12.6. The number of benzene rings is 2. The Morgan fingerprint density at radius 1 is 0.853 bits per heavy atom. The van der Waals surface area contributed by atoms with Gasteiger partial charge in [0.15, 0.2) is 24.0 Å². The van der Waals surface area contributed by atoms with Crippen LogP contribution in [0.4, 0.5) is 5.69 Å². The predicted molar refractivity (Wildman–Crippen MR) is 123 cm³/mol. The van der Waals surface area contributed by atoms with E-state index in [1.54, 1.807) is 34.6 Å². The average molecular weight is 471 g/mol. The molecule has 0 unspecified atom stereocenters. The van der Waals surface area contributed by atoms with Crippen LogP contribution in [-0.2, 0) is 33.3 Å². The topological polar surface area (TPSA) is 104 Å². The third-order valence-corrected chi connectivity index (χ3v) is 6.21. The lowest BCUT2D eigenvalue weighted by Crippen LogP contribution is -2.60. The summed E-state index contributed by atoms with van der Waals surface area (Å²) in [5.74, 6) is -2.63. The molecule has 3 fully saturated rings. The Labute approximate surface area is 198 Å². The van der Waals surface area contributed by atoms with Gasteiger partial charge in [-0.15, -0.1) is 0 Å². The molecule has 3 aliphatic heterocycles. The van der Waals surface area contributed by atoms with E-state index >= 15 is 0 Å². The fourth-order valence-corrected chi connectivity index (χ4v) is 4.76. The van der Waals surface area contributed by atoms with Crippen LogP contribution < -0.4 is 10.6 Å². The largest absolute Gasteiger partial charge is 0.342 e. The van der Waals surface area contributed by atoms with Crippen molar-refractivity contribution in [2.75, 3.05) is 5.32 Å². The van der Waals surface area contributed by atoms with Crippen LogP contribution in [0.15, 0.2) is 42.5 Å². The SMILES string of the molecule is C[C@@H](NC(=O)[C@@H]1O[C@@H]2OC(C)(C)O[C@@H]2[C@H]2OC(C)(C)O[C@H]21)C(=O)Nc1cccc2ccccc12. The second kappa shape index (κ2) is 8.28. The molecule has 3 heterocycles. The highest BCUT2D eigenvalue weighted by molar-refractivity contribution is 6.04. The van der Waals surface area contributed by atoms with Crippen molar-refractivity contribution >= 4 is 28.3 Å². The Hall–Kier alpha value is -2.56. The van der Waals surface area contributed by atoms with Gasteiger partial charge in [-0.05, 0) is 46.1 Å². The van der Waals surface area contributed by atoms with Gasteiger partial charge in [0, 0.05) is 11.1 Å². The molecule has 5 rings (SSSR count). The molecule has 0 bridgehead atoms. The van der Waals surface area contributed by atoms with E-state index in [1.165, 1.54) is 0 Å². The molecule has 6 atom stereocenters. The van der Waals surface area contributed by atoms with Gasteiger partial charge in [-0.25, -0.2) is 0 Å². The van der Waals surface area contributed by atoms with E-state index in [0.717, 1.165) is 10.8 Å². The van der Waals surface area contributed by atoms with E-state index < -0.39 is 54.2 Å². The molecule has 0 saturated carbocycles. The summed E-state index contributed by atoms with van der Waals surface area (Å²) >= 11 is 0. The quantitative estimate of drug-likeness (QED) is 0.708. The third kappa shape index (κ3) is 4.30. The molecular weight excluding hydrogens is 440 g/mol. The molecule has 2 amide bonds. The van der Waals surface area contributed by atoms with E-state index in [0.29, 0.717) is 5.69 Å². The van der Waals surface area contributed by atoms with Crippen molar-refractivity contribution in [3.63, 3.8) is 0 Å². The van der Waals surface area contributed by atoms with Gasteiger partial charge in [0.1, 0.15) is 24.4 Å². The Balaban J connectivity index is 1.29. The summed E-state index contributed by atoms with van der Waals surface area (Å²) in [6.07, 6.45) is -3.60. The summed E-state index contributed by atoms with van der Waals surface area (Å²) < 4.78 is 29.8. The second-order valence-electron chi connectivity index (χ2n) is 9.84. The van der Waals surface area contributed by atoms with Crippen LogP contribution in [0.2, 0.25) is 0 Å². The van der Waals surface area contributed by atoms with Crippen molar-refractivity contribution in [1.29, 1.82) is 0 Å². The van der Waals surface area contributed by atoms with E-state index in [2.05, 4.69) is 10.6 Å². The van der Waals surface area contributed by atoms with Gasteiger partial charge in [0.25, 0.3) is 5.91 Å². The summed E-state index contributed by atoms with van der Waals surface area (Å²) in [5.41, 5.74) is 0.675. The number of ether oxygens (including phenoxy) is 5. The first kappa shape index (κ1) is 23.2. The first-order chi connectivity index (χ1) is 16.0. The minimum absolute atomic E-state index is 0.347. The second-order valence-corrected chi connectivity index (χ2v) is 9.84. The number of hydrogen-bond acceptors (Lipinski definition) is 7. The smallest absolute Gasteiger partial charge is 0.252 e. The van der Waals surface area contributed by atoms with Crippen molar-refractivity contribution in [3.8, 4) is 0 Å². The molecule has 182 valence electrons. The highest BCUT2D eigenvalue weighted by Crippen LogP contribution is 2.44. The lowest BCUT2D eigenvalue weighted by molar-refractivity contribution is -0.231. The summed E-state index contributed by atoms with van der Waals surface area (Å²) in [5, 5.41) is 7.58. The van der Waals surface area contributed by atoms with Gasteiger partial charge in [0.05, 0.1) is 0 Å². The normalized spacial score (nSPS) is 32.0. The van der Waals surface area contributed by atoms with E-state index in [-0.39, 0.29) is 5.91 Å². The molecule has 34 heavy (non-hydrogen) atoms. The van der Waals surface area contributed by atoms with Gasteiger partial charge in [0.2, 0.25) is 5.91 Å². The third-order valence-electron chi connectivity index (χ3n) is 6.21. The zero-order valence-electron chi connectivity index (χ0n) is 19.9. The lowest BCUT2D eigenvalue weighted by atomic mass is 9.98. The first-order valence-corrected chi connectivity index (χ1v) is 11.5. The molecule has 9 heteroatoms. The van der Waals surface area contributed by atoms with Crippen LogP contribution in [0.1, 0.15) is 34.6 Å². The number of nitrogens with one attached hydrogen (secondary N) is 2. The van der Waals surface area contributed by atoms with Gasteiger partial charge in [-0.2, -0.15) is 0 Å². The maximum atomic E-state index is 13.2. The minimum atomic E-state index is -1.03. The highest BCUT2D eigenvalue weighted by atomic mass is 16.9. The number of anilines is 1. The van der Waals surface area contributed by atoms with Gasteiger partial charge in [-0.3, -0.25) is 9.59 Å². The monoisotopic (exact) mass is 470 g/mol. The van der Waals surface area contributed by atoms with Crippen LogP contribution in [0.3, 0.4) is 0 Å². The van der Waals surface area contributed by atoms with Crippen molar-refractivity contribution in [2.24, 2.45) is 0 Å². The van der Waals surface area contributed by atoms with Crippen molar-refractivity contribution < 1.29 is 33.3 Å². The van der Waals surface area contributed by atoms with Gasteiger partial charge in [-0.1, -0.05) is 36.4 Å². The molecule has 2 aromatic rings. The molecule has 3 aliphatic rings. The molecule has 2 N–H and O–H groups in total. The Morgan fingerprint density at radius 2 is 1.50 bits per heavy atom. The Bertz CT molecular complexity index is 1110. The predicted octanol–water partition coefficient (Wildman–Crippen LogP) is 2.68. The molecule has 0 aromatic heterocycles. The number of fused-ring (bicyclic) bond motifs is 4. The molecule has 0 spiro atoms. The molecule has 9 nitrogen and oxygen atoms in total. The zero-order valence-corrected chi connectivity index (χ0v) is 19.9. The fourth-order valence-electron chi connectivity index (χ4n) is 4.76. The van der Waals surface area contributed by atoms with Crippen LogP contribution in [0.5, 0.6) is 0 Å². The van der Waals surface area contributed by atoms with Gasteiger partial charge < -0.3 is 34.3 Å². The molecule has 0 aliphatic carbocycles. The molecule has 0 radical (unpaired) electrons. The van der Waals surface area contributed by atoms with Crippen LogP contribution in [0.25, 0.3) is 10.8 Å². The lowest BCUT2D eigenvalue weighted by Gasteiger charge is -2.36. The van der Waals surface area contributed by atoms with Crippen molar-refractivity contribution in [2.45, 2.75) is 82.9 Å². The maximum absolute atomic E-state index is 13.2.